The van der Waals surface area contributed by atoms with Crippen molar-refractivity contribution in [3.63, 3.8) is 0 Å². The van der Waals surface area contributed by atoms with Gasteiger partial charge in [-0.15, -0.1) is 0 Å². The number of quaternary nitrogens is 1. The molecule has 1 rings (SSSR count). The molecule has 68 valence electrons. The van der Waals surface area contributed by atoms with Crippen LogP contribution in [0.25, 0.3) is 0 Å². The molecule has 0 aliphatic heterocycles. The lowest BCUT2D eigenvalue weighted by atomic mass is 10.3. The van der Waals surface area contributed by atoms with Gasteiger partial charge in [0.25, 0.3) is 0 Å². The van der Waals surface area contributed by atoms with Crippen molar-refractivity contribution in [1.29, 1.82) is 0 Å². The van der Waals surface area contributed by atoms with Crippen LogP contribution in [-0.4, -0.2) is 13.0 Å². The molecule has 0 heterocycles. The Hall–Kier alpha value is -1.11. The zero-order valence-electron chi connectivity index (χ0n) is 6.52. The molecular weight excluding hydrogens is 180 g/mol. The maximum absolute atomic E-state index is 10.4. The molecule has 0 saturated heterocycles. The van der Waals surface area contributed by atoms with Gasteiger partial charge in [-0.25, -0.2) is 8.42 Å². The van der Waals surface area contributed by atoms with Crippen LogP contribution in [-0.2, 0) is 10.1 Å². The van der Waals surface area contributed by atoms with E-state index in [-0.39, 0.29) is 16.7 Å². The van der Waals surface area contributed by atoms with Crippen molar-refractivity contribution in [2.75, 3.05) is 5.73 Å². The maximum Gasteiger partial charge on any atom is 0.126 e. The largest absolute Gasteiger partial charge is 0.744 e. The molecule has 0 unspecified atom stereocenters. The summed E-state index contributed by atoms with van der Waals surface area (Å²) in [6.07, 6.45) is 0. The molecule has 0 radical (unpaired) electrons. The quantitative estimate of drug-likeness (QED) is 0.496. The number of hydrogen-bond donors (Lipinski definition) is 2. The van der Waals surface area contributed by atoms with E-state index in [4.69, 9.17) is 5.73 Å². The third-order valence-corrected chi connectivity index (χ3v) is 2.10. The molecule has 0 saturated carbocycles. The topological polar surface area (TPSA) is 120 Å². The van der Waals surface area contributed by atoms with Gasteiger partial charge in [0.1, 0.15) is 10.1 Å². The van der Waals surface area contributed by atoms with Crippen LogP contribution in [0.1, 0.15) is 0 Å². The smallest absolute Gasteiger partial charge is 0.126 e. The first kappa shape index (κ1) is 10.9. The molecule has 0 aromatic heterocycles. The number of benzene rings is 1. The molecule has 0 amide bonds. The second-order valence-electron chi connectivity index (χ2n) is 1.99. The zero-order valence-corrected chi connectivity index (χ0v) is 7.34. The molecule has 5 nitrogen and oxygen atoms in total. The highest BCUT2D eigenvalue weighted by atomic mass is 32.2. The van der Waals surface area contributed by atoms with Crippen LogP contribution in [0.3, 0.4) is 0 Å². The van der Waals surface area contributed by atoms with Gasteiger partial charge in [-0.05, 0) is 12.1 Å². The van der Waals surface area contributed by atoms with Crippen LogP contribution < -0.4 is 11.9 Å². The first-order chi connectivity index (χ1) is 5.02. The lowest BCUT2D eigenvalue weighted by molar-refractivity contribution is 0.463. The third-order valence-electron chi connectivity index (χ3n) is 1.19. The maximum atomic E-state index is 10.4. The van der Waals surface area contributed by atoms with Crippen LogP contribution in [0.5, 0.6) is 0 Å². The van der Waals surface area contributed by atoms with E-state index < -0.39 is 10.1 Å². The van der Waals surface area contributed by atoms with Crippen LogP contribution in [0, 0.1) is 0 Å². The van der Waals surface area contributed by atoms with E-state index in [1.165, 1.54) is 18.2 Å². The summed E-state index contributed by atoms with van der Waals surface area (Å²) in [5, 5.41) is 0. The predicted octanol–water partition coefficient (Wildman–Crippen LogP) is 0.549. The summed E-state index contributed by atoms with van der Waals surface area (Å²) in [5.74, 6) is 0. The first-order valence-electron chi connectivity index (χ1n) is 2.82. The van der Waals surface area contributed by atoms with Gasteiger partial charge in [-0.1, -0.05) is 12.1 Å². The van der Waals surface area contributed by atoms with Gasteiger partial charge in [0, 0.05) is 5.69 Å². The average molecular weight is 190 g/mol. The Labute approximate surface area is 70.5 Å². The van der Waals surface area contributed by atoms with E-state index in [2.05, 4.69) is 0 Å². The molecule has 12 heavy (non-hydrogen) atoms. The number of hydrogen-bond acceptors (Lipinski definition) is 4. The monoisotopic (exact) mass is 190 g/mol. The Bertz CT molecular complexity index is 361. The lowest BCUT2D eigenvalue weighted by Crippen LogP contribution is -2.02. The van der Waals surface area contributed by atoms with Crippen LogP contribution >= 0.6 is 0 Å². The number of para-hydroxylation sites is 1. The minimum atomic E-state index is -4.41. The summed E-state index contributed by atoms with van der Waals surface area (Å²) in [7, 11) is -4.41. The SMILES string of the molecule is Nc1ccccc1S(=O)(=O)[O-].[NH4+]. The van der Waals surface area contributed by atoms with Crippen molar-refractivity contribution in [2.24, 2.45) is 0 Å². The van der Waals surface area contributed by atoms with Crippen molar-refractivity contribution in [2.45, 2.75) is 4.90 Å². The Kier molecular flexibility index (Phi) is 3.20. The van der Waals surface area contributed by atoms with Crippen molar-refractivity contribution in [1.82, 2.24) is 6.15 Å². The predicted molar refractivity (Wildman–Crippen MR) is 44.8 cm³/mol. The molecule has 0 fully saturated rings. The summed E-state index contributed by atoms with van der Waals surface area (Å²) < 4.78 is 31.3. The van der Waals surface area contributed by atoms with Crippen molar-refractivity contribution < 1.29 is 13.0 Å². The summed E-state index contributed by atoms with van der Waals surface area (Å²) in [4.78, 5) is -0.361. The van der Waals surface area contributed by atoms with Crippen LogP contribution in [0.4, 0.5) is 5.69 Å². The molecule has 0 spiro atoms. The van der Waals surface area contributed by atoms with Crippen LogP contribution in [0.2, 0.25) is 0 Å². The minimum absolute atomic E-state index is 0. The molecule has 1 aromatic carbocycles. The molecule has 1 aromatic rings. The van der Waals surface area contributed by atoms with Gasteiger partial charge in [-0.2, -0.15) is 0 Å². The summed E-state index contributed by atoms with van der Waals surface area (Å²) in [6, 6.07) is 5.55. The van der Waals surface area contributed by atoms with Crippen molar-refractivity contribution >= 4 is 15.8 Å². The van der Waals surface area contributed by atoms with Gasteiger partial charge < -0.3 is 16.4 Å². The summed E-state index contributed by atoms with van der Waals surface area (Å²) in [5.41, 5.74) is 5.22. The van der Waals surface area contributed by atoms with E-state index >= 15 is 0 Å². The number of nitrogens with two attached hydrogens (primary N) is 1. The second-order valence-corrected chi connectivity index (χ2v) is 3.34. The lowest BCUT2D eigenvalue weighted by Gasteiger charge is -2.08. The number of nitrogen functional groups attached to an aromatic ring is 1. The second kappa shape index (κ2) is 3.53. The fraction of sp³-hybridized carbons (Fsp3) is 0. The standard InChI is InChI=1S/C6H7NO3S.H3N/c7-5-3-1-2-4-6(5)11(8,9)10;/h1-4H,7H2,(H,8,9,10);1H3. The average Bonchev–Trinajstić information content (AvgIpc) is 1.86. The van der Waals surface area contributed by atoms with Crippen LogP contribution in [0.15, 0.2) is 29.2 Å². The van der Waals surface area contributed by atoms with E-state index in [1.807, 2.05) is 0 Å². The zero-order chi connectivity index (χ0) is 8.48. The van der Waals surface area contributed by atoms with Gasteiger partial charge in [0.05, 0.1) is 4.90 Å². The van der Waals surface area contributed by atoms with Crippen molar-refractivity contribution in [3.05, 3.63) is 24.3 Å². The Balaban J connectivity index is 0.00000121. The molecule has 0 atom stereocenters. The normalized spacial score (nSPS) is 10.4. The third kappa shape index (κ3) is 2.19. The summed E-state index contributed by atoms with van der Waals surface area (Å²) in [6.45, 7) is 0. The van der Waals surface area contributed by atoms with Crippen molar-refractivity contribution in [3.8, 4) is 0 Å². The highest BCUT2D eigenvalue weighted by Crippen LogP contribution is 2.15. The molecular formula is C6H10N2O3S. The minimum Gasteiger partial charge on any atom is -0.744 e. The summed E-state index contributed by atoms with van der Waals surface area (Å²) >= 11 is 0. The number of rotatable bonds is 1. The van der Waals surface area contributed by atoms with Gasteiger partial charge in [0.2, 0.25) is 0 Å². The highest BCUT2D eigenvalue weighted by Gasteiger charge is 2.03. The first-order valence-corrected chi connectivity index (χ1v) is 4.23. The molecule has 6 N–H and O–H groups in total. The molecule has 0 bridgehead atoms. The Morgan fingerprint density at radius 3 is 2.08 bits per heavy atom. The fourth-order valence-electron chi connectivity index (χ4n) is 0.708. The fourth-order valence-corrected chi connectivity index (χ4v) is 1.31. The molecule has 6 heteroatoms. The van der Waals surface area contributed by atoms with E-state index in [9.17, 15) is 13.0 Å². The van der Waals surface area contributed by atoms with Gasteiger partial charge >= 0.3 is 0 Å². The van der Waals surface area contributed by atoms with Gasteiger partial charge in [-0.3, -0.25) is 0 Å². The molecule has 0 aliphatic carbocycles. The van der Waals surface area contributed by atoms with Gasteiger partial charge in [0.15, 0.2) is 0 Å². The van der Waals surface area contributed by atoms with E-state index in [0.29, 0.717) is 0 Å². The Morgan fingerprint density at radius 1 is 1.25 bits per heavy atom. The highest BCUT2D eigenvalue weighted by molar-refractivity contribution is 7.85. The van der Waals surface area contributed by atoms with E-state index in [1.54, 1.807) is 6.07 Å². The Morgan fingerprint density at radius 2 is 1.75 bits per heavy atom. The molecule has 0 aliphatic rings. The van der Waals surface area contributed by atoms with E-state index in [0.717, 1.165) is 0 Å². The number of anilines is 1.